The lowest BCUT2D eigenvalue weighted by Gasteiger charge is -1.92. The standard InChI is InChI=1S/C9H9N3O2/c1-4-2-3-5-7(12-4)6(8(10)13)9(11)14-5/h2-3H,11H2,1H3,(H2,10,13). The topological polar surface area (TPSA) is 95.1 Å². The summed E-state index contributed by atoms with van der Waals surface area (Å²) in [6.07, 6.45) is 0. The molecular weight excluding hydrogens is 182 g/mol. The zero-order valence-electron chi connectivity index (χ0n) is 7.57. The van der Waals surface area contributed by atoms with E-state index in [0.29, 0.717) is 11.1 Å². The fourth-order valence-corrected chi connectivity index (χ4v) is 1.33. The Morgan fingerprint density at radius 1 is 1.50 bits per heavy atom. The number of fused-ring (bicyclic) bond motifs is 1. The highest BCUT2D eigenvalue weighted by Gasteiger charge is 2.17. The summed E-state index contributed by atoms with van der Waals surface area (Å²) in [5.74, 6) is -0.607. The molecule has 5 nitrogen and oxygen atoms in total. The molecule has 0 aliphatic heterocycles. The van der Waals surface area contributed by atoms with Crippen LogP contribution >= 0.6 is 0 Å². The molecule has 0 atom stereocenters. The van der Waals surface area contributed by atoms with E-state index >= 15 is 0 Å². The number of aryl methyl sites for hydroxylation is 1. The number of nitrogens with two attached hydrogens (primary N) is 2. The number of hydrogen-bond donors (Lipinski definition) is 2. The second kappa shape index (κ2) is 2.73. The first kappa shape index (κ1) is 8.55. The minimum Gasteiger partial charge on any atom is -0.438 e. The highest BCUT2D eigenvalue weighted by molar-refractivity contribution is 6.07. The van der Waals surface area contributed by atoms with Gasteiger partial charge in [0.15, 0.2) is 5.58 Å². The molecule has 0 unspecified atom stereocenters. The largest absolute Gasteiger partial charge is 0.438 e. The van der Waals surface area contributed by atoms with Crippen molar-refractivity contribution in [1.82, 2.24) is 4.98 Å². The number of amides is 1. The van der Waals surface area contributed by atoms with Gasteiger partial charge in [0.2, 0.25) is 5.88 Å². The van der Waals surface area contributed by atoms with E-state index in [9.17, 15) is 4.79 Å². The molecule has 5 heteroatoms. The third-order valence-corrected chi connectivity index (χ3v) is 1.95. The second-order valence-electron chi connectivity index (χ2n) is 3.00. The van der Waals surface area contributed by atoms with Crippen molar-refractivity contribution in [2.24, 2.45) is 5.73 Å². The van der Waals surface area contributed by atoms with Crippen LogP contribution in [0, 0.1) is 6.92 Å². The van der Waals surface area contributed by atoms with Crippen LogP contribution in [0.4, 0.5) is 5.88 Å². The van der Waals surface area contributed by atoms with Gasteiger partial charge < -0.3 is 15.9 Å². The van der Waals surface area contributed by atoms with Crippen molar-refractivity contribution in [1.29, 1.82) is 0 Å². The fraction of sp³-hybridized carbons (Fsp3) is 0.111. The summed E-state index contributed by atoms with van der Waals surface area (Å²) in [7, 11) is 0. The first-order valence-electron chi connectivity index (χ1n) is 4.05. The van der Waals surface area contributed by atoms with Crippen LogP contribution < -0.4 is 11.5 Å². The molecule has 2 aromatic rings. The van der Waals surface area contributed by atoms with E-state index in [1.165, 1.54) is 0 Å². The van der Waals surface area contributed by atoms with Gasteiger partial charge >= 0.3 is 0 Å². The van der Waals surface area contributed by atoms with E-state index in [4.69, 9.17) is 15.9 Å². The summed E-state index contributed by atoms with van der Waals surface area (Å²) < 4.78 is 5.13. The number of pyridine rings is 1. The van der Waals surface area contributed by atoms with Crippen molar-refractivity contribution in [3.63, 3.8) is 0 Å². The summed E-state index contributed by atoms with van der Waals surface area (Å²) in [6, 6.07) is 3.48. The number of anilines is 1. The Hall–Kier alpha value is -2.04. The van der Waals surface area contributed by atoms with Gasteiger partial charge in [0, 0.05) is 5.69 Å². The number of hydrogen-bond acceptors (Lipinski definition) is 4. The molecule has 4 N–H and O–H groups in total. The number of carbonyl (C=O) groups excluding carboxylic acids is 1. The number of rotatable bonds is 1. The van der Waals surface area contributed by atoms with Gasteiger partial charge in [-0.15, -0.1) is 0 Å². The fourth-order valence-electron chi connectivity index (χ4n) is 1.33. The number of aromatic nitrogens is 1. The lowest BCUT2D eigenvalue weighted by atomic mass is 10.2. The quantitative estimate of drug-likeness (QED) is 0.697. The Balaban J connectivity index is 2.86. The van der Waals surface area contributed by atoms with Crippen molar-refractivity contribution >= 4 is 22.9 Å². The summed E-state index contributed by atoms with van der Waals surface area (Å²) >= 11 is 0. The third-order valence-electron chi connectivity index (χ3n) is 1.95. The van der Waals surface area contributed by atoms with E-state index in [2.05, 4.69) is 4.98 Å². The maximum absolute atomic E-state index is 11.1. The first-order valence-corrected chi connectivity index (χ1v) is 4.05. The van der Waals surface area contributed by atoms with Crippen LogP contribution in [0.1, 0.15) is 16.1 Å². The minimum atomic E-state index is -0.626. The monoisotopic (exact) mass is 191 g/mol. The first-order chi connectivity index (χ1) is 6.59. The summed E-state index contributed by atoms with van der Waals surface area (Å²) in [6.45, 7) is 1.81. The zero-order chi connectivity index (χ0) is 10.3. The van der Waals surface area contributed by atoms with Gasteiger partial charge in [0.1, 0.15) is 11.1 Å². The van der Waals surface area contributed by atoms with Gasteiger partial charge in [-0.1, -0.05) is 0 Å². The summed E-state index contributed by atoms with van der Waals surface area (Å²) in [5.41, 5.74) is 12.5. The molecule has 2 rings (SSSR count). The highest BCUT2D eigenvalue weighted by atomic mass is 16.3. The van der Waals surface area contributed by atoms with E-state index < -0.39 is 5.91 Å². The van der Waals surface area contributed by atoms with Crippen LogP contribution in [0.5, 0.6) is 0 Å². The molecular formula is C9H9N3O2. The highest BCUT2D eigenvalue weighted by Crippen LogP contribution is 2.25. The van der Waals surface area contributed by atoms with Crippen LogP contribution in [0.15, 0.2) is 16.5 Å². The second-order valence-corrected chi connectivity index (χ2v) is 3.00. The molecule has 0 bridgehead atoms. The Morgan fingerprint density at radius 3 is 2.86 bits per heavy atom. The maximum atomic E-state index is 11.1. The van der Waals surface area contributed by atoms with Crippen molar-refractivity contribution in [3.05, 3.63) is 23.4 Å². The van der Waals surface area contributed by atoms with E-state index in [-0.39, 0.29) is 11.4 Å². The van der Waals surface area contributed by atoms with Gasteiger partial charge in [0.25, 0.3) is 5.91 Å². The molecule has 0 aliphatic rings. The van der Waals surface area contributed by atoms with Crippen LogP contribution in [-0.2, 0) is 0 Å². The molecule has 0 aliphatic carbocycles. The van der Waals surface area contributed by atoms with E-state index in [1.54, 1.807) is 12.1 Å². The number of carbonyl (C=O) groups is 1. The molecule has 14 heavy (non-hydrogen) atoms. The molecule has 0 saturated heterocycles. The van der Waals surface area contributed by atoms with Gasteiger partial charge in [-0.25, -0.2) is 4.98 Å². The molecule has 0 saturated carbocycles. The summed E-state index contributed by atoms with van der Waals surface area (Å²) in [4.78, 5) is 15.2. The molecule has 0 fully saturated rings. The molecule has 0 aromatic carbocycles. The van der Waals surface area contributed by atoms with E-state index in [1.807, 2.05) is 6.92 Å². The van der Waals surface area contributed by atoms with E-state index in [0.717, 1.165) is 5.69 Å². The van der Waals surface area contributed by atoms with Gasteiger partial charge in [-0.3, -0.25) is 4.79 Å². The molecule has 0 radical (unpaired) electrons. The Kier molecular flexibility index (Phi) is 1.67. The van der Waals surface area contributed by atoms with Crippen LogP contribution in [0.25, 0.3) is 11.1 Å². The Labute approximate surface area is 79.7 Å². The zero-order valence-corrected chi connectivity index (χ0v) is 7.57. The predicted octanol–water partition coefficient (Wildman–Crippen LogP) is 0.817. The van der Waals surface area contributed by atoms with Crippen molar-refractivity contribution < 1.29 is 9.21 Å². The molecule has 72 valence electrons. The Morgan fingerprint density at radius 2 is 2.21 bits per heavy atom. The number of nitrogen functional groups attached to an aromatic ring is 1. The molecule has 2 aromatic heterocycles. The van der Waals surface area contributed by atoms with Gasteiger partial charge in [0.05, 0.1) is 0 Å². The normalized spacial score (nSPS) is 10.6. The maximum Gasteiger partial charge on any atom is 0.256 e. The number of primary amides is 1. The average Bonchev–Trinajstić information content (AvgIpc) is 2.40. The SMILES string of the molecule is Cc1ccc2oc(N)c(C(N)=O)c2n1. The minimum absolute atomic E-state index is 0.0191. The van der Waals surface area contributed by atoms with Crippen LogP contribution in [0.3, 0.4) is 0 Å². The number of furan rings is 1. The van der Waals surface area contributed by atoms with Crippen molar-refractivity contribution in [3.8, 4) is 0 Å². The van der Waals surface area contributed by atoms with Crippen molar-refractivity contribution in [2.75, 3.05) is 5.73 Å². The van der Waals surface area contributed by atoms with Gasteiger partial charge in [-0.05, 0) is 19.1 Å². The predicted molar refractivity (Wildman–Crippen MR) is 51.7 cm³/mol. The lowest BCUT2D eigenvalue weighted by molar-refractivity contribution is 0.100. The average molecular weight is 191 g/mol. The Bertz CT molecular complexity index is 516. The molecule has 1 amide bonds. The summed E-state index contributed by atoms with van der Waals surface area (Å²) in [5, 5.41) is 0. The number of nitrogens with zero attached hydrogens (tertiary/aromatic N) is 1. The van der Waals surface area contributed by atoms with Crippen LogP contribution in [0.2, 0.25) is 0 Å². The van der Waals surface area contributed by atoms with Crippen molar-refractivity contribution in [2.45, 2.75) is 6.92 Å². The third kappa shape index (κ3) is 1.10. The smallest absolute Gasteiger partial charge is 0.256 e. The molecule has 0 spiro atoms. The van der Waals surface area contributed by atoms with Crippen LogP contribution in [-0.4, -0.2) is 10.9 Å². The lowest BCUT2D eigenvalue weighted by Crippen LogP contribution is -2.12. The molecule has 2 heterocycles. The van der Waals surface area contributed by atoms with Gasteiger partial charge in [-0.2, -0.15) is 0 Å².